The van der Waals surface area contributed by atoms with Crippen molar-refractivity contribution >= 4 is 33.3 Å². The molecule has 1 unspecified atom stereocenters. The highest BCUT2D eigenvalue weighted by Gasteiger charge is 2.25. The Labute approximate surface area is 144 Å². The van der Waals surface area contributed by atoms with E-state index in [0.29, 0.717) is 6.04 Å². The van der Waals surface area contributed by atoms with Gasteiger partial charge >= 0.3 is 0 Å². The molecule has 1 aliphatic heterocycles. The van der Waals surface area contributed by atoms with Crippen LogP contribution in [0.2, 0.25) is 5.28 Å². The standard InChI is InChI=1S/C16H18BrClN4/c1-12-10-22(15-14(17)9-19-16(18)20-15)8-7-21(12)11-13-5-3-2-4-6-13/h2-6,9,12H,7-8,10-11H2,1H3. The Morgan fingerprint density at radius 2 is 2.05 bits per heavy atom. The van der Waals surface area contributed by atoms with Crippen LogP contribution in [0, 0.1) is 0 Å². The highest BCUT2D eigenvalue weighted by molar-refractivity contribution is 9.10. The van der Waals surface area contributed by atoms with Gasteiger partial charge in [0.15, 0.2) is 0 Å². The first-order chi connectivity index (χ1) is 10.6. The third kappa shape index (κ3) is 3.59. The molecule has 1 atom stereocenters. The fraction of sp³-hybridized carbons (Fsp3) is 0.375. The Bertz CT molecular complexity index is 637. The minimum atomic E-state index is 0.289. The van der Waals surface area contributed by atoms with Crippen molar-refractivity contribution in [2.45, 2.75) is 19.5 Å². The molecular weight excluding hydrogens is 364 g/mol. The Morgan fingerprint density at radius 3 is 2.77 bits per heavy atom. The van der Waals surface area contributed by atoms with Crippen LogP contribution in [0.3, 0.4) is 0 Å². The van der Waals surface area contributed by atoms with Crippen molar-refractivity contribution in [2.75, 3.05) is 24.5 Å². The third-order valence-corrected chi connectivity index (χ3v) is 4.73. The maximum absolute atomic E-state index is 5.93. The summed E-state index contributed by atoms with van der Waals surface area (Å²) < 4.78 is 0.889. The lowest BCUT2D eigenvalue weighted by molar-refractivity contribution is 0.180. The second-order valence-electron chi connectivity index (χ2n) is 5.56. The lowest BCUT2D eigenvalue weighted by Gasteiger charge is -2.40. The van der Waals surface area contributed by atoms with Gasteiger partial charge in [-0.1, -0.05) is 30.3 Å². The minimum Gasteiger partial charge on any atom is -0.353 e. The highest BCUT2D eigenvalue weighted by atomic mass is 79.9. The van der Waals surface area contributed by atoms with Crippen LogP contribution in [0.25, 0.3) is 0 Å². The van der Waals surface area contributed by atoms with E-state index in [-0.39, 0.29) is 5.28 Å². The molecule has 0 radical (unpaired) electrons. The van der Waals surface area contributed by atoms with Crippen LogP contribution in [0.15, 0.2) is 41.0 Å². The van der Waals surface area contributed by atoms with Crippen molar-refractivity contribution in [1.29, 1.82) is 0 Å². The molecule has 3 rings (SSSR count). The van der Waals surface area contributed by atoms with Gasteiger partial charge in [0.1, 0.15) is 5.82 Å². The third-order valence-electron chi connectivity index (χ3n) is 3.99. The molecule has 4 nitrogen and oxygen atoms in total. The SMILES string of the molecule is CC1CN(c2nc(Cl)ncc2Br)CCN1Cc1ccccc1. The normalized spacial score (nSPS) is 19.4. The molecule has 2 heterocycles. The Hall–Kier alpha value is -1.17. The van der Waals surface area contributed by atoms with Gasteiger partial charge < -0.3 is 4.90 Å². The fourth-order valence-corrected chi connectivity index (χ4v) is 3.37. The lowest BCUT2D eigenvalue weighted by atomic mass is 10.1. The van der Waals surface area contributed by atoms with E-state index < -0.39 is 0 Å². The second kappa shape index (κ2) is 6.94. The van der Waals surface area contributed by atoms with E-state index in [9.17, 15) is 0 Å². The average molecular weight is 382 g/mol. The fourth-order valence-electron chi connectivity index (χ4n) is 2.80. The quantitative estimate of drug-likeness (QED) is 0.760. The summed E-state index contributed by atoms with van der Waals surface area (Å²) >= 11 is 9.44. The molecule has 0 bridgehead atoms. The number of nitrogens with zero attached hydrogens (tertiary/aromatic N) is 4. The van der Waals surface area contributed by atoms with Crippen LogP contribution in [0.4, 0.5) is 5.82 Å². The monoisotopic (exact) mass is 380 g/mol. The zero-order valence-electron chi connectivity index (χ0n) is 12.4. The van der Waals surface area contributed by atoms with Crippen molar-refractivity contribution in [3.8, 4) is 0 Å². The molecule has 0 aliphatic carbocycles. The van der Waals surface area contributed by atoms with E-state index in [1.807, 2.05) is 0 Å². The molecule has 22 heavy (non-hydrogen) atoms. The molecule has 2 aromatic rings. The maximum Gasteiger partial charge on any atom is 0.224 e. The van der Waals surface area contributed by atoms with E-state index in [0.717, 1.165) is 36.5 Å². The van der Waals surface area contributed by atoms with Gasteiger partial charge in [-0.15, -0.1) is 0 Å². The topological polar surface area (TPSA) is 32.3 Å². The Balaban J connectivity index is 1.68. The number of hydrogen-bond acceptors (Lipinski definition) is 4. The Kier molecular flexibility index (Phi) is 4.96. The number of anilines is 1. The molecule has 0 spiro atoms. The molecule has 1 aromatic heterocycles. The van der Waals surface area contributed by atoms with E-state index in [4.69, 9.17) is 11.6 Å². The van der Waals surface area contributed by atoms with Crippen molar-refractivity contribution in [3.63, 3.8) is 0 Å². The van der Waals surface area contributed by atoms with Crippen molar-refractivity contribution < 1.29 is 0 Å². The van der Waals surface area contributed by atoms with Gasteiger partial charge in [0.2, 0.25) is 5.28 Å². The number of aromatic nitrogens is 2. The summed E-state index contributed by atoms with van der Waals surface area (Å²) in [6.45, 7) is 6.11. The first kappa shape index (κ1) is 15.7. The van der Waals surface area contributed by atoms with Crippen LogP contribution in [-0.2, 0) is 6.54 Å². The number of halogens is 2. The molecule has 1 aliphatic rings. The number of rotatable bonds is 3. The molecule has 116 valence electrons. The number of piperazine rings is 1. The second-order valence-corrected chi connectivity index (χ2v) is 6.75. The summed E-state index contributed by atoms with van der Waals surface area (Å²) in [5, 5.41) is 0.289. The number of benzene rings is 1. The van der Waals surface area contributed by atoms with Crippen LogP contribution < -0.4 is 4.90 Å². The molecule has 1 aromatic carbocycles. The molecule has 1 fully saturated rings. The van der Waals surface area contributed by atoms with E-state index in [1.165, 1.54) is 5.56 Å². The van der Waals surface area contributed by atoms with Crippen LogP contribution in [0.1, 0.15) is 12.5 Å². The predicted molar refractivity (Wildman–Crippen MR) is 93.3 cm³/mol. The highest BCUT2D eigenvalue weighted by Crippen LogP contribution is 2.26. The first-order valence-corrected chi connectivity index (χ1v) is 8.51. The molecule has 0 amide bonds. The van der Waals surface area contributed by atoms with Gasteiger partial charge in [-0.25, -0.2) is 4.98 Å². The molecule has 0 saturated carbocycles. The van der Waals surface area contributed by atoms with Gasteiger partial charge in [0.25, 0.3) is 0 Å². The van der Waals surface area contributed by atoms with E-state index >= 15 is 0 Å². The summed E-state index contributed by atoms with van der Waals surface area (Å²) in [5.41, 5.74) is 1.36. The van der Waals surface area contributed by atoms with Crippen LogP contribution in [-0.4, -0.2) is 40.5 Å². The smallest absolute Gasteiger partial charge is 0.224 e. The maximum atomic E-state index is 5.93. The number of hydrogen-bond donors (Lipinski definition) is 0. The zero-order valence-corrected chi connectivity index (χ0v) is 14.8. The summed E-state index contributed by atoms with van der Waals surface area (Å²) in [4.78, 5) is 13.1. The molecule has 1 saturated heterocycles. The van der Waals surface area contributed by atoms with Crippen molar-refractivity contribution in [1.82, 2.24) is 14.9 Å². The van der Waals surface area contributed by atoms with Gasteiger partial charge in [-0.05, 0) is 40.0 Å². The van der Waals surface area contributed by atoms with Crippen LogP contribution >= 0.6 is 27.5 Å². The van der Waals surface area contributed by atoms with Gasteiger partial charge in [0.05, 0.1) is 4.47 Å². The first-order valence-electron chi connectivity index (χ1n) is 7.34. The molecule has 6 heteroatoms. The minimum absolute atomic E-state index is 0.289. The lowest BCUT2D eigenvalue weighted by Crippen LogP contribution is -2.51. The zero-order chi connectivity index (χ0) is 15.5. The summed E-state index contributed by atoms with van der Waals surface area (Å²) in [6, 6.07) is 11.1. The average Bonchev–Trinajstić information content (AvgIpc) is 2.53. The van der Waals surface area contributed by atoms with Crippen molar-refractivity contribution in [3.05, 3.63) is 51.8 Å². The van der Waals surface area contributed by atoms with E-state index in [1.54, 1.807) is 6.20 Å². The van der Waals surface area contributed by atoms with Crippen molar-refractivity contribution in [2.24, 2.45) is 0 Å². The summed E-state index contributed by atoms with van der Waals surface area (Å²) in [5.74, 6) is 0.881. The van der Waals surface area contributed by atoms with Gasteiger partial charge in [-0.3, -0.25) is 4.90 Å². The van der Waals surface area contributed by atoms with Gasteiger partial charge in [-0.2, -0.15) is 4.98 Å². The van der Waals surface area contributed by atoms with Gasteiger partial charge in [0, 0.05) is 38.4 Å². The van der Waals surface area contributed by atoms with Crippen LogP contribution in [0.5, 0.6) is 0 Å². The summed E-state index contributed by atoms with van der Waals surface area (Å²) in [7, 11) is 0. The predicted octanol–water partition coefficient (Wildman–Crippen LogP) is 3.60. The molecular formula is C16H18BrClN4. The largest absolute Gasteiger partial charge is 0.353 e. The summed E-state index contributed by atoms with van der Waals surface area (Å²) in [6.07, 6.45) is 1.71. The molecule has 0 N–H and O–H groups in total. The Morgan fingerprint density at radius 1 is 1.27 bits per heavy atom. The van der Waals surface area contributed by atoms with E-state index in [2.05, 4.69) is 73.0 Å².